The number of nitrogen functional groups attached to an aromatic ring is 1. The van der Waals surface area contributed by atoms with Gasteiger partial charge in [0.1, 0.15) is 11.3 Å². The second-order valence-electron chi connectivity index (χ2n) is 9.36. The number of ether oxygens (including phenoxy) is 1. The van der Waals surface area contributed by atoms with Gasteiger partial charge in [-0.25, -0.2) is 27.9 Å². The monoisotopic (exact) mass is 585 g/mol. The molecule has 0 unspecified atom stereocenters. The maximum Gasteiger partial charge on any atom is 0.407 e. The third-order valence-electron chi connectivity index (χ3n) is 6.16. The number of hydrogen-bond donors (Lipinski definition) is 3. The minimum Gasteiger partial charge on any atom is -0.450 e. The Labute approximate surface area is 238 Å². The van der Waals surface area contributed by atoms with Crippen molar-refractivity contribution in [1.29, 1.82) is 0 Å². The summed E-state index contributed by atoms with van der Waals surface area (Å²) in [7, 11) is 0.121. The number of imidazole rings is 1. The Morgan fingerprint density at radius 2 is 1.73 bits per heavy atom. The first-order valence-electron chi connectivity index (χ1n) is 12.6. The predicted octanol–water partition coefficient (Wildman–Crippen LogP) is 3.92. The van der Waals surface area contributed by atoms with Crippen LogP contribution in [0.25, 0.3) is 11.0 Å². The number of nitrogens with two attached hydrogens (primary N) is 1. The third kappa shape index (κ3) is 7.62. The summed E-state index contributed by atoms with van der Waals surface area (Å²) in [5.74, 6) is 1.15. The number of hydrogen-bond acceptors (Lipinski definition) is 8. The molecule has 4 rings (SSSR count). The largest absolute Gasteiger partial charge is 0.450 e. The molecule has 0 aliphatic carbocycles. The van der Waals surface area contributed by atoms with Gasteiger partial charge in [0.25, 0.3) is 0 Å². The highest BCUT2D eigenvalue weighted by molar-refractivity contribution is 7.89. The first-order valence-corrected chi connectivity index (χ1v) is 14.5. The molecule has 1 amide bonds. The molecule has 0 atom stereocenters. The number of aromatic nitrogens is 3. The molecule has 0 spiro atoms. The van der Waals surface area contributed by atoms with Gasteiger partial charge in [-0.2, -0.15) is 0 Å². The summed E-state index contributed by atoms with van der Waals surface area (Å²) in [4.78, 5) is 22.8. The number of nitrogens with one attached hydrogen (secondary N) is 2. The molecule has 0 radical (unpaired) electrons. The van der Waals surface area contributed by atoms with E-state index in [0.29, 0.717) is 29.3 Å². The lowest BCUT2D eigenvalue weighted by atomic mass is 10.2. The van der Waals surface area contributed by atoms with Crippen LogP contribution in [0, 0.1) is 0 Å². The SMILES string of the molecule is CN(C)c1cc2c(ncn2CCCCOC(=O)NCc2ccc(S(=O)(=O)NCc3ccc(Cl)cc3)cc2)c(N)n1. The highest BCUT2D eigenvalue weighted by Crippen LogP contribution is 2.23. The van der Waals surface area contributed by atoms with Crippen molar-refractivity contribution >= 4 is 50.4 Å². The number of halogens is 1. The Bertz CT molecular complexity index is 1560. The Balaban J connectivity index is 1.17. The van der Waals surface area contributed by atoms with Crippen molar-refractivity contribution in [1.82, 2.24) is 24.6 Å². The minimum atomic E-state index is -3.68. The Kier molecular flexibility index (Phi) is 9.46. The molecule has 0 aliphatic rings. The van der Waals surface area contributed by atoms with E-state index in [4.69, 9.17) is 22.1 Å². The summed E-state index contributed by atoms with van der Waals surface area (Å²) in [5, 5.41) is 3.27. The average molecular weight is 586 g/mol. The van der Waals surface area contributed by atoms with Crippen LogP contribution in [0.3, 0.4) is 0 Å². The topological polar surface area (TPSA) is 144 Å². The van der Waals surface area contributed by atoms with Gasteiger partial charge in [0.2, 0.25) is 10.0 Å². The lowest BCUT2D eigenvalue weighted by Gasteiger charge is -2.13. The number of amides is 1. The van der Waals surface area contributed by atoms with E-state index in [0.717, 1.165) is 28.9 Å². The van der Waals surface area contributed by atoms with Crippen LogP contribution in [0.4, 0.5) is 16.4 Å². The van der Waals surface area contributed by atoms with E-state index < -0.39 is 16.1 Å². The summed E-state index contributed by atoms with van der Waals surface area (Å²) in [6, 6.07) is 15.2. The molecule has 212 valence electrons. The molecule has 0 fully saturated rings. The van der Waals surface area contributed by atoms with E-state index in [1.165, 1.54) is 12.1 Å². The molecule has 11 nitrogen and oxygen atoms in total. The second kappa shape index (κ2) is 13.0. The van der Waals surface area contributed by atoms with Gasteiger partial charge in [0.05, 0.1) is 23.3 Å². The zero-order valence-electron chi connectivity index (χ0n) is 22.3. The molecule has 4 N–H and O–H groups in total. The predicted molar refractivity (Wildman–Crippen MR) is 156 cm³/mol. The van der Waals surface area contributed by atoms with Gasteiger partial charge < -0.3 is 25.3 Å². The smallest absolute Gasteiger partial charge is 0.407 e. The summed E-state index contributed by atoms with van der Waals surface area (Å²) >= 11 is 5.86. The van der Waals surface area contributed by atoms with Gasteiger partial charge in [0, 0.05) is 44.8 Å². The van der Waals surface area contributed by atoms with Crippen LogP contribution in [0.2, 0.25) is 5.02 Å². The summed E-state index contributed by atoms with van der Waals surface area (Å²) < 4.78 is 35.0. The number of nitrogens with zero attached hydrogens (tertiary/aromatic N) is 4. The zero-order chi connectivity index (χ0) is 28.7. The summed E-state index contributed by atoms with van der Waals surface area (Å²) in [6.07, 6.45) is 2.65. The van der Waals surface area contributed by atoms with Crippen LogP contribution < -0.4 is 20.7 Å². The van der Waals surface area contributed by atoms with Crippen molar-refractivity contribution in [3.63, 3.8) is 0 Å². The number of carbonyl (C=O) groups is 1. The van der Waals surface area contributed by atoms with Gasteiger partial charge in [-0.3, -0.25) is 0 Å². The van der Waals surface area contributed by atoms with Crippen LogP contribution in [-0.4, -0.2) is 49.7 Å². The summed E-state index contributed by atoms with van der Waals surface area (Å²) in [6.45, 7) is 1.32. The van der Waals surface area contributed by atoms with Crippen molar-refractivity contribution in [3.8, 4) is 0 Å². The van der Waals surface area contributed by atoms with Crippen molar-refractivity contribution in [2.24, 2.45) is 0 Å². The number of anilines is 2. The first kappa shape index (κ1) is 29.1. The minimum absolute atomic E-state index is 0.135. The lowest BCUT2D eigenvalue weighted by Crippen LogP contribution is -2.25. The van der Waals surface area contributed by atoms with Gasteiger partial charge in [-0.15, -0.1) is 0 Å². The molecule has 4 aromatic rings. The van der Waals surface area contributed by atoms with Crippen molar-refractivity contribution in [2.75, 3.05) is 31.3 Å². The third-order valence-corrected chi connectivity index (χ3v) is 7.83. The fourth-order valence-corrected chi connectivity index (χ4v) is 5.05. The highest BCUT2D eigenvalue weighted by atomic mass is 35.5. The van der Waals surface area contributed by atoms with Crippen LogP contribution in [-0.2, 0) is 34.4 Å². The standard InChI is InChI=1S/C27H32ClN7O4S/c1-34(2)24-15-23-25(26(29)33-24)31-18-35(23)13-3-4-14-39-27(36)30-16-19-7-11-22(12-8-19)40(37,38)32-17-20-5-9-21(28)10-6-20/h5-12,15,18,32H,3-4,13-14,16-17H2,1-2H3,(H2,29,33)(H,30,36). The van der Waals surface area contributed by atoms with Crippen LogP contribution in [0.1, 0.15) is 24.0 Å². The average Bonchev–Trinajstić information content (AvgIpc) is 3.35. The van der Waals surface area contributed by atoms with Crippen LogP contribution in [0.15, 0.2) is 65.8 Å². The van der Waals surface area contributed by atoms with Gasteiger partial charge in [-0.1, -0.05) is 35.9 Å². The van der Waals surface area contributed by atoms with Crippen molar-refractivity contribution in [2.45, 2.75) is 37.4 Å². The van der Waals surface area contributed by atoms with Gasteiger partial charge in [-0.05, 0) is 48.2 Å². The Hall–Kier alpha value is -3.87. The number of benzene rings is 2. The van der Waals surface area contributed by atoms with E-state index in [2.05, 4.69) is 20.0 Å². The number of rotatable bonds is 12. The Morgan fingerprint density at radius 1 is 1.05 bits per heavy atom. The number of fused-ring (bicyclic) bond motifs is 1. The number of carbonyl (C=O) groups excluding carboxylic acids is 1. The number of alkyl carbamates (subject to hydrolysis) is 1. The van der Waals surface area contributed by atoms with E-state index in [1.54, 1.807) is 42.7 Å². The number of pyridine rings is 1. The van der Waals surface area contributed by atoms with Crippen molar-refractivity contribution < 1.29 is 17.9 Å². The lowest BCUT2D eigenvalue weighted by molar-refractivity contribution is 0.143. The highest BCUT2D eigenvalue weighted by Gasteiger charge is 2.14. The molecule has 0 saturated carbocycles. The molecule has 2 aromatic carbocycles. The molecule has 0 aliphatic heterocycles. The molecule has 2 aromatic heterocycles. The molecule has 13 heteroatoms. The normalized spacial score (nSPS) is 11.5. The van der Waals surface area contributed by atoms with Gasteiger partial charge >= 0.3 is 6.09 Å². The van der Waals surface area contributed by atoms with E-state index in [9.17, 15) is 13.2 Å². The van der Waals surface area contributed by atoms with Gasteiger partial charge in [0.15, 0.2) is 5.82 Å². The number of unbranched alkanes of at least 4 members (excludes halogenated alkanes) is 1. The number of aryl methyl sites for hydroxylation is 1. The fraction of sp³-hybridized carbons (Fsp3) is 0.296. The summed E-state index contributed by atoms with van der Waals surface area (Å²) in [5.41, 5.74) is 9.15. The van der Waals surface area contributed by atoms with Crippen LogP contribution >= 0.6 is 11.6 Å². The van der Waals surface area contributed by atoms with E-state index in [-0.39, 0.29) is 24.6 Å². The maximum absolute atomic E-state index is 12.6. The quantitative estimate of drug-likeness (QED) is 0.212. The fourth-order valence-electron chi connectivity index (χ4n) is 3.90. The van der Waals surface area contributed by atoms with Crippen LogP contribution in [0.5, 0.6) is 0 Å². The molecular weight excluding hydrogens is 554 g/mol. The molecular formula is C27H32ClN7O4S. The van der Waals surface area contributed by atoms with Crippen molar-refractivity contribution in [3.05, 3.63) is 77.1 Å². The maximum atomic E-state index is 12.6. The Morgan fingerprint density at radius 3 is 2.42 bits per heavy atom. The van der Waals surface area contributed by atoms with E-state index >= 15 is 0 Å². The molecule has 2 heterocycles. The second-order valence-corrected chi connectivity index (χ2v) is 11.6. The first-order chi connectivity index (χ1) is 19.1. The zero-order valence-corrected chi connectivity index (χ0v) is 23.9. The van der Waals surface area contributed by atoms with E-state index in [1.807, 2.05) is 29.6 Å². The molecule has 40 heavy (non-hydrogen) atoms. The molecule has 0 saturated heterocycles. The number of sulfonamides is 1. The molecule has 0 bridgehead atoms.